The van der Waals surface area contributed by atoms with Crippen molar-refractivity contribution in [3.05, 3.63) is 38.0 Å². The Kier molecular flexibility index (Phi) is 7.00. The monoisotopic (exact) mass is 348 g/mol. The summed E-state index contributed by atoms with van der Waals surface area (Å²) in [7, 11) is 0. The van der Waals surface area contributed by atoms with Gasteiger partial charge in [-0.3, -0.25) is 0 Å². The first-order valence-corrected chi connectivity index (χ1v) is 8.83. The van der Waals surface area contributed by atoms with Crippen molar-refractivity contribution in [1.29, 1.82) is 0 Å². The molecule has 0 atom stereocenters. The Morgan fingerprint density at radius 1 is 0.920 bits per heavy atom. The van der Waals surface area contributed by atoms with E-state index >= 15 is 0 Å². The van der Waals surface area contributed by atoms with Crippen LogP contribution in [0.4, 0.5) is 0 Å². The summed E-state index contributed by atoms with van der Waals surface area (Å²) >= 11 is 0. The molecular formula is C20H28O5. The second-order valence-electron chi connectivity index (χ2n) is 7.17. The van der Waals surface area contributed by atoms with E-state index in [0.29, 0.717) is 6.61 Å². The lowest BCUT2D eigenvalue weighted by Crippen LogP contribution is -2.52. The lowest BCUT2D eigenvalue weighted by atomic mass is 9.54. The average Bonchev–Trinajstić information content (AvgIpc) is 2.57. The maximum atomic E-state index is 11.4. The number of carbonyl (C=O) groups is 2. The highest BCUT2D eigenvalue weighted by Crippen LogP contribution is 2.57. The third kappa shape index (κ3) is 5.56. The first-order chi connectivity index (χ1) is 12.0. The molecule has 0 amide bonds. The highest BCUT2D eigenvalue weighted by atomic mass is 16.7. The summed E-state index contributed by atoms with van der Waals surface area (Å²) in [4.78, 5) is 21.7. The van der Waals surface area contributed by atoms with Crippen LogP contribution in [0.3, 0.4) is 0 Å². The van der Waals surface area contributed by atoms with E-state index in [0.717, 1.165) is 43.1 Å². The van der Waals surface area contributed by atoms with E-state index in [1.165, 1.54) is 25.3 Å². The molecule has 4 saturated carbocycles. The van der Waals surface area contributed by atoms with Crippen LogP contribution in [0, 0.1) is 17.8 Å². The van der Waals surface area contributed by atoms with Crippen LogP contribution in [0.5, 0.6) is 0 Å². The van der Waals surface area contributed by atoms with Gasteiger partial charge in [-0.15, -0.1) is 6.58 Å². The number of carbonyl (C=O) groups excluding carboxylic acids is 2. The van der Waals surface area contributed by atoms with Gasteiger partial charge in [0.25, 0.3) is 0 Å². The van der Waals surface area contributed by atoms with Crippen LogP contribution in [0.2, 0.25) is 0 Å². The van der Waals surface area contributed by atoms with Crippen molar-refractivity contribution < 1.29 is 23.8 Å². The van der Waals surface area contributed by atoms with Crippen molar-refractivity contribution in [3.63, 3.8) is 0 Å². The van der Waals surface area contributed by atoms with Crippen LogP contribution in [-0.4, -0.2) is 30.9 Å². The standard InChI is InChI=1S/C13H18O2.C7H10O3/c1-2-12(14)15-13-6-9-3-10(7-13)5-11(4-9)8-13;1-3-5-9-6-10-7(8)4-2/h2,9-11H,1,3-8H2;3-4H,1-2,5-6H2. The summed E-state index contributed by atoms with van der Waals surface area (Å²) in [6.07, 6.45) is 11.4. The molecule has 5 heteroatoms. The minimum absolute atomic E-state index is 0.0448. The maximum absolute atomic E-state index is 11.4. The van der Waals surface area contributed by atoms with Gasteiger partial charge < -0.3 is 14.2 Å². The Morgan fingerprint density at radius 2 is 1.44 bits per heavy atom. The first-order valence-electron chi connectivity index (χ1n) is 8.83. The van der Waals surface area contributed by atoms with Crippen molar-refractivity contribution in [2.45, 2.75) is 44.1 Å². The second kappa shape index (κ2) is 8.99. The molecule has 4 rings (SSSR count). The molecule has 0 aliphatic heterocycles. The average molecular weight is 348 g/mol. The van der Waals surface area contributed by atoms with E-state index in [1.807, 2.05) is 0 Å². The van der Waals surface area contributed by atoms with E-state index in [1.54, 1.807) is 6.08 Å². The van der Waals surface area contributed by atoms with Gasteiger partial charge >= 0.3 is 11.9 Å². The van der Waals surface area contributed by atoms with Crippen LogP contribution in [-0.2, 0) is 23.8 Å². The SMILES string of the molecule is C=CC(=O)OC12CC3CC(CC(C3)C1)C2.C=CCOCOC(=O)C=C. The molecule has 25 heavy (non-hydrogen) atoms. The smallest absolute Gasteiger partial charge is 0.332 e. The molecule has 0 aromatic carbocycles. The molecule has 0 unspecified atom stereocenters. The molecule has 0 N–H and O–H groups in total. The Bertz CT molecular complexity index is 487. The fourth-order valence-corrected chi connectivity index (χ4v) is 4.70. The normalized spacial score (nSPS) is 31.3. The van der Waals surface area contributed by atoms with Gasteiger partial charge in [0.2, 0.25) is 0 Å². The van der Waals surface area contributed by atoms with Crippen LogP contribution < -0.4 is 0 Å². The van der Waals surface area contributed by atoms with Gasteiger partial charge in [0.15, 0.2) is 6.79 Å². The zero-order valence-electron chi connectivity index (χ0n) is 14.8. The molecule has 4 bridgehead atoms. The molecule has 0 heterocycles. The zero-order chi connectivity index (χ0) is 18.3. The van der Waals surface area contributed by atoms with Crippen molar-refractivity contribution in [3.8, 4) is 0 Å². The largest absolute Gasteiger partial charge is 0.456 e. The van der Waals surface area contributed by atoms with Crippen LogP contribution in [0.1, 0.15) is 38.5 Å². The summed E-state index contributed by atoms with van der Waals surface area (Å²) in [5.74, 6) is 1.78. The third-order valence-corrected chi connectivity index (χ3v) is 5.15. The fraction of sp³-hybridized carbons (Fsp3) is 0.600. The van der Waals surface area contributed by atoms with Gasteiger partial charge in [-0.05, 0) is 56.3 Å². The quantitative estimate of drug-likeness (QED) is 0.231. The zero-order valence-corrected chi connectivity index (χ0v) is 14.8. The highest BCUT2D eigenvalue weighted by molar-refractivity contribution is 5.81. The van der Waals surface area contributed by atoms with Crippen LogP contribution in [0.25, 0.3) is 0 Å². The van der Waals surface area contributed by atoms with Gasteiger partial charge in [-0.25, -0.2) is 9.59 Å². The number of hydrogen-bond donors (Lipinski definition) is 0. The molecule has 0 aromatic heterocycles. The molecule has 0 radical (unpaired) electrons. The molecule has 4 fully saturated rings. The minimum Gasteiger partial charge on any atom is -0.456 e. The first kappa shape index (κ1) is 19.4. The Balaban J connectivity index is 0.000000199. The van der Waals surface area contributed by atoms with Gasteiger partial charge in [0.1, 0.15) is 5.60 Å². The molecule has 4 aliphatic carbocycles. The molecule has 0 spiro atoms. The summed E-state index contributed by atoms with van der Waals surface area (Å²) in [6, 6.07) is 0. The van der Waals surface area contributed by atoms with Gasteiger partial charge in [0, 0.05) is 12.2 Å². The lowest BCUT2D eigenvalue weighted by Gasteiger charge is -2.55. The Morgan fingerprint density at radius 3 is 1.88 bits per heavy atom. The second-order valence-corrected chi connectivity index (χ2v) is 7.17. The molecule has 138 valence electrons. The Labute approximate surface area is 149 Å². The van der Waals surface area contributed by atoms with E-state index in [9.17, 15) is 9.59 Å². The maximum Gasteiger partial charge on any atom is 0.332 e. The summed E-state index contributed by atoms with van der Waals surface area (Å²) in [5, 5.41) is 0. The van der Waals surface area contributed by atoms with E-state index in [-0.39, 0.29) is 18.4 Å². The minimum atomic E-state index is -0.482. The molecule has 5 nitrogen and oxygen atoms in total. The molecule has 0 saturated heterocycles. The van der Waals surface area contributed by atoms with Crippen LogP contribution in [0.15, 0.2) is 38.0 Å². The lowest BCUT2D eigenvalue weighted by molar-refractivity contribution is -0.181. The van der Waals surface area contributed by atoms with Gasteiger partial charge in [0.05, 0.1) is 6.61 Å². The summed E-state index contributed by atoms with van der Waals surface area (Å²) < 4.78 is 14.9. The predicted octanol–water partition coefficient (Wildman–Crippen LogP) is 3.56. The summed E-state index contributed by atoms with van der Waals surface area (Å²) in [5.41, 5.74) is -0.0972. The van der Waals surface area contributed by atoms with Crippen molar-refractivity contribution >= 4 is 11.9 Å². The molecule has 0 aromatic rings. The number of rotatable bonds is 7. The Hall–Kier alpha value is -1.88. The highest BCUT2D eigenvalue weighted by Gasteiger charge is 2.52. The number of hydrogen-bond acceptors (Lipinski definition) is 5. The molecular weight excluding hydrogens is 320 g/mol. The predicted molar refractivity (Wildman–Crippen MR) is 94.5 cm³/mol. The van der Waals surface area contributed by atoms with Crippen molar-refractivity contribution in [1.82, 2.24) is 0 Å². The topological polar surface area (TPSA) is 61.8 Å². The van der Waals surface area contributed by atoms with Gasteiger partial charge in [-0.2, -0.15) is 0 Å². The molecule has 4 aliphatic rings. The van der Waals surface area contributed by atoms with Crippen LogP contribution >= 0.6 is 0 Å². The van der Waals surface area contributed by atoms with E-state index in [2.05, 4.69) is 24.5 Å². The van der Waals surface area contributed by atoms with Gasteiger partial charge in [-0.1, -0.05) is 19.2 Å². The third-order valence-electron chi connectivity index (χ3n) is 5.15. The van der Waals surface area contributed by atoms with Crippen molar-refractivity contribution in [2.24, 2.45) is 17.8 Å². The van der Waals surface area contributed by atoms with E-state index < -0.39 is 5.97 Å². The fourth-order valence-electron chi connectivity index (χ4n) is 4.70. The van der Waals surface area contributed by atoms with Crippen molar-refractivity contribution in [2.75, 3.05) is 13.4 Å². The van der Waals surface area contributed by atoms with E-state index in [4.69, 9.17) is 9.47 Å². The summed E-state index contributed by atoms with van der Waals surface area (Å²) in [6.45, 7) is 10.4. The number of esters is 2. The number of ether oxygens (including phenoxy) is 3.